The molecule has 0 aliphatic rings. The number of ketones is 1. The van der Waals surface area contributed by atoms with E-state index < -0.39 is 0 Å². The monoisotopic (exact) mass is 392 g/mol. The van der Waals surface area contributed by atoms with Crippen LogP contribution < -0.4 is 4.74 Å². The van der Waals surface area contributed by atoms with E-state index in [1.807, 2.05) is 17.5 Å². The Bertz CT molecular complexity index is 599. The Labute approximate surface area is 139 Å². The highest BCUT2D eigenvalue weighted by Gasteiger charge is 2.09. The minimum Gasteiger partial charge on any atom is -0.492 e. The number of rotatable bonds is 6. The molecule has 2 nitrogen and oxygen atoms in total. The number of ether oxygens (including phenoxy) is 1. The van der Waals surface area contributed by atoms with Gasteiger partial charge in [0.1, 0.15) is 5.75 Å². The van der Waals surface area contributed by atoms with Crippen molar-refractivity contribution in [1.29, 1.82) is 0 Å². The summed E-state index contributed by atoms with van der Waals surface area (Å²) in [4.78, 5) is 12.6. The molecule has 6 heteroatoms. The third kappa shape index (κ3) is 4.22. The van der Waals surface area contributed by atoms with E-state index in [0.717, 1.165) is 9.35 Å². The van der Waals surface area contributed by atoms with E-state index in [-0.39, 0.29) is 5.78 Å². The number of hydrogen-bond donors (Lipinski definition) is 0. The quantitative estimate of drug-likeness (QED) is 0.349. The number of thiophene rings is 1. The standard InChI is InChI=1S/C14H11BrCl2O2S/c15-9-7-11(17)13(8-10(9)16)19-5-1-3-12(18)14-4-2-6-20-14/h2,4,6-8H,1,3,5H2. The third-order valence-corrected chi connectivity index (χ3v) is 4.98. The average molecular weight is 394 g/mol. The number of benzene rings is 1. The first-order valence-electron chi connectivity index (χ1n) is 5.92. The predicted octanol–water partition coefficient (Wildman–Crippen LogP) is 5.86. The highest BCUT2D eigenvalue weighted by Crippen LogP contribution is 2.34. The van der Waals surface area contributed by atoms with E-state index in [2.05, 4.69) is 15.9 Å². The second-order valence-electron chi connectivity index (χ2n) is 4.05. The van der Waals surface area contributed by atoms with Gasteiger partial charge in [-0.25, -0.2) is 0 Å². The van der Waals surface area contributed by atoms with Crippen LogP contribution in [0, 0.1) is 0 Å². The van der Waals surface area contributed by atoms with Crippen LogP contribution in [0.2, 0.25) is 10.0 Å². The van der Waals surface area contributed by atoms with Gasteiger partial charge in [-0.05, 0) is 39.9 Å². The summed E-state index contributed by atoms with van der Waals surface area (Å²) in [7, 11) is 0. The van der Waals surface area contributed by atoms with Crippen molar-refractivity contribution in [2.24, 2.45) is 0 Å². The Balaban J connectivity index is 1.82. The number of carbonyl (C=O) groups excluding carboxylic acids is 1. The Hall–Kier alpha value is -0.550. The van der Waals surface area contributed by atoms with Crippen LogP contribution in [0.1, 0.15) is 22.5 Å². The van der Waals surface area contributed by atoms with Crippen molar-refractivity contribution in [2.45, 2.75) is 12.8 Å². The molecule has 0 fully saturated rings. The lowest BCUT2D eigenvalue weighted by Gasteiger charge is -2.09. The van der Waals surface area contributed by atoms with Crippen molar-refractivity contribution >= 4 is 56.3 Å². The minimum absolute atomic E-state index is 0.142. The molecule has 2 rings (SSSR count). The zero-order valence-corrected chi connectivity index (χ0v) is 14.3. The van der Waals surface area contributed by atoms with Crippen molar-refractivity contribution in [1.82, 2.24) is 0 Å². The van der Waals surface area contributed by atoms with Crippen LogP contribution in [0.5, 0.6) is 5.75 Å². The van der Waals surface area contributed by atoms with Crippen LogP contribution >= 0.6 is 50.5 Å². The maximum Gasteiger partial charge on any atom is 0.172 e. The first kappa shape index (κ1) is 15.8. The Kier molecular flexibility index (Phi) is 5.90. The van der Waals surface area contributed by atoms with Gasteiger partial charge in [-0.15, -0.1) is 11.3 Å². The summed E-state index contributed by atoms with van der Waals surface area (Å²) in [5, 5.41) is 2.93. The zero-order valence-electron chi connectivity index (χ0n) is 10.4. The fraction of sp³-hybridized carbons (Fsp3) is 0.214. The summed E-state index contributed by atoms with van der Waals surface area (Å²) < 4.78 is 6.28. The summed E-state index contributed by atoms with van der Waals surface area (Å²) in [6.45, 7) is 0.425. The number of Topliss-reactive ketones (excluding diaryl/α,β-unsaturated/α-hetero) is 1. The molecule has 0 saturated heterocycles. The molecule has 0 aliphatic heterocycles. The molecule has 1 aromatic heterocycles. The Morgan fingerprint density at radius 1 is 1.30 bits per heavy atom. The highest BCUT2D eigenvalue weighted by molar-refractivity contribution is 9.10. The van der Waals surface area contributed by atoms with Crippen molar-refractivity contribution in [2.75, 3.05) is 6.61 Å². The third-order valence-electron chi connectivity index (χ3n) is 2.58. The van der Waals surface area contributed by atoms with E-state index in [4.69, 9.17) is 27.9 Å². The lowest BCUT2D eigenvalue weighted by atomic mass is 10.2. The van der Waals surface area contributed by atoms with Gasteiger partial charge in [0.15, 0.2) is 5.78 Å². The van der Waals surface area contributed by atoms with Gasteiger partial charge in [0.2, 0.25) is 0 Å². The first-order valence-corrected chi connectivity index (χ1v) is 8.35. The highest BCUT2D eigenvalue weighted by atomic mass is 79.9. The van der Waals surface area contributed by atoms with Crippen molar-refractivity contribution < 1.29 is 9.53 Å². The summed E-state index contributed by atoms with van der Waals surface area (Å²) in [6.07, 6.45) is 1.10. The molecule has 0 atom stereocenters. The van der Waals surface area contributed by atoms with Crippen molar-refractivity contribution in [3.8, 4) is 5.75 Å². The van der Waals surface area contributed by atoms with Gasteiger partial charge in [0, 0.05) is 17.0 Å². The molecule has 0 saturated carbocycles. The summed E-state index contributed by atoms with van der Waals surface area (Å²) in [5.41, 5.74) is 0. The number of carbonyl (C=O) groups is 1. The fourth-order valence-corrected chi connectivity index (χ4v) is 3.13. The summed E-state index contributed by atoms with van der Waals surface area (Å²) in [5.74, 6) is 0.673. The zero-order chi connectivity index (χ0) is 14.5. The molecule has 0 unspecified atom stereocenters. The number of hydrogen-bond acceptors (Lipinski definition) is 3. The molecule has 0 bridgehead atoms. The predicted molar refractivity (Wildman–Crippen MR) is 87.5 cm³/mol. The van der Waals surface area contributed by atoms with E-state index >= 15 is 0 Å². The van der Waals surface area contributed by atoms with Gasteiger partial charge in [-0.1, -0.05) is 29.3 Å². The first-order chi connectivity index (χ1) is 9.58. The second-order valence-corrected chi connectivity index (χ2v) is 6.67. The maximum absolute atomic E-state index is 11.8. The molecule has 0 radical (unpaired) electrons. The van der Waals surface area contributed by atoms with E-state index in [9.17, 15) is 4.79 Å². The van der Waals surface area contributed by atoms with Gasteiger partial charge >= 0.3 is 0 Å². The SMILES string of the molecule is O=C(CCCOc1cc(Cl)c(Br)cc1Cl)c1cccs1. The molecule has 1 heterocycles. The lowest BCUT2D eigenvalue weighted by molar-refractivity contribution is 0.0977. The van der Waals surface area contributed by atoms with Gasteiger partial charge in [0.05, 0.1) is 21.5 Å². The molecular formula is C14H11BrCl2O2S. The number of halogens is 3. The Morgan fingerprint density at radius 2 is 2.10 bits per heavy atom. The summed E-state index contributed by atoms with van der Waals surface area (Å²) in [6, 6.07) is 7.06. The van der Waals surface area contributed by atoms with E-state index in [1.165, 1.54) is 11.3 Å². The largest absolute Gasteiger partial charge is 0.492 e. The van der Waals surface area contributed by atoms with Gasteiger partial charge in [0.25, 0.3) is 0 Å². The molecule has 0 spiro atoms. The molecule has 1 aromatic carbocycles. The fourth-order valence-electron chi connectivity index (χ4n) is 1.59. The molecule has 0 N–H and O–H groups in total. The molecule has 20 heavy (non-hydrogen) atoms. The van der Waals surface area contributed by atoms with Crippen LogP contribution in [0.25, 0.3) is 0 Å². The van der Waals surface area contributed by atoms with Crippen LogP contribution in [0.4, 0.5) is 0 Å². The maximum atomic E-state index is 11.8. The van der Waals surface area contributed by atoms with E-state index in [1.54, 1.807) is 12.1 Å². The van der Waals surface area contributed by atoms with Crippen molar-refractivity contribution in [3.63, 3.8) is 0 Å². The lowest BCUT2D eigenvalue weighted by Crippen LogP contribution is -2.03. The van der Waals surface area contributed by atoms with Gasteiger partial charge < -0.3 is 4.74 Å². The smallest absolute Gasteiger partial charge is 0.172 e. The van der Waals surface area contributed by atoms with Crippen LogP contribution in [-0.2, 0) is 0 Å². The molecule has 106 valence electrons. The van der Waals surface area contributed by atoms with Crippen molar-refractivity contribution in [3.05, 3.63) is 49.0 Å². The topological polar surface area (TPSA) is 26.3 Å². The molecule has 0 amide bonds. The Morgan fingerprint density at radius 3 is 2.80 bits per heavy atom. The van der Waals surface area contributed by atoms with E-state index in [0.29, 0.717) is 35.2 Å². The van der Waals surface area contributed by atoms with Crippen LogP contribution in [0.15, 0.2) is 34.1 Å². The molecule has 2 aromatic rings. The average Bonchev–Trinajstić information content (AvgIpc) is 2.94. The molecular weight excluding hydrogens is 383 g/mol. The van der Waals surface area contributed by atoms with Gasteiger partial charge in [-0.3, -0.25) is 4.79 Å². The molecule has 0 aliphatic carbocycles. The minimum atomic E-state index is 0.142. The summed E-state index contributed by atoms with van der Waals surface area (Å²) >= 11 is 16.8. The van der Waals surface area contributed by atoms with Crippen LogP contribution in [0.3, 0.4) is 0 Å². The van der Waals surface area contributed by atoms with Crippen LogP contribution in [-0.4, -0.2) is 12.4 Å². The normalized spacial score (nSPS) is 10.6. The van der Waals surface area contributed by atoms with Gasteiger partial charge in [-0.2, -0.15) is 0 Å². The second kappa shape index (κ2) is 7.46.